The standard InChI is InChI=1S/C26H29NO6.H2O.2H2/c27-26(33)22-18(29)11-15-9-14-10-16-13(6-5-12-3-1-2-4-12)7-8-17(28)21(16)24(31)19(14)23(30)20(15)25(22)32;;;/h7-8,12,14-15,20,28,31-32H,1-6,9-11H2,(H2,27,33);1H2;2*1H. The predicted octanol–water partition coefficient (Wildman–Crippen LogP) is 3.10. The van der Waals surface area contributed by atoms with Crippen molar-refractivity contribution in [1.29, 1.82) is 0 Å². The van der Waals surface area contributed by atoms with Gasteiger partial charge in [0.2, 0.25) is 0 Å². The topological polar surface area (TPSA) is 169 Å². The van der Waals surface area contributed by atoms with Gasteiger partial charge in [-0.2, -0.15) is 0 Å². The van der Waals surface area contributed by atoms with E-state index in [0.717, 1.165) is 24.0 Å². The monoisotopic (exact) mass is 473 g/mol. The number of aryl methyl sites for hydroxylation is 1. The summed E-state index contributed by atoms with van der Waals surface area (Å²) < 4.78 is 0. The third-order valence-corrected chi connectivity index (χ3v) is 8.17. The van der Waals surface area contributed by atoms with Crippen LogP contribution in [-0.4, -0.2) is 38.3 Å². The lowest BCUT2D eigenvalue weighted by Gasteiger charge is -2.41. The van der Waals surface area contributed by atoms with Crippen LogP contribution in [0.3, 0.4) is 0 Å². The third kappa shape index (κ3) is 3.70. The number of hydrogen-bond donors (Lipinski definition) is 4. The maximum atomic E-state index is 13.4. The molecule has 1 aromatic carbocycles. The number of allylic oxidation sites excluding steroid dienone is 2. The maximum absolute atomic E-state index is 13.4. The van der Waals surface area contributed by atoms with E-state index in [1.165, 1.54) is 25.7 Å². The van der Waals surface area contributed by atoms with Crippen LogP contribution in [-0.2, 0) is 27.2 Å². The molecule has 1 aromatic rings. The van der Waals surface area contributed by atoms with E-state index in [4.69, 9.17) is 5.73 Å². The fourth-order valence-electron chi connectivity index (χ4n) is 6.60. The Labute approximate surface area is 200 Å². The van der Waals surface area contributed by atoms with Gasteiger partial charge in [0, 0.05) is 14.8 Å². The lowest BCUT2D eigenvalue weighted by Crippen LogP contribution is -2.44. The van der Waals surface area contributed by atoms with Crippen LogP contribution in [0.1, 0.15) is 64.5 Å². The number of aliphatic hydroxyl groups excluding tert-OH is 2. The van der Waals surface area contributed by atoms with Gasteiger partial charge in [-0.3, -0.25) is 14.4 Å². The van der Waals surface area contributed by atoms with Crippen molar-refractivity contribution in [3.05, 3.63) is 45.7 Å². The number of ketones is 2. The van der Waals surface area contributed by atoms with Crippen LogP contribution in [0.25, 0.3) is 5.76 Å². The minimum Gasteiger partial charge on any atom is -0.511 e. The summed E-state index contributed by atoms with van der Waals surface area (Å²) in [5.74, 6) is -4.15. The second-order valence-electron chi connectivity index (χ2n) is 10.0. The summed E-state index contributed by atoms with van der Waals surface area (Å²) in [7, 11) is 0. The number of hydrogen-bond acceptors (Lipinski definition) is 6. The van der Waals surface area contributed by atoms with Crippen molar-refractivity contribution in [3.8, 4) is 5.75 Å². The van der Waals surface area contributed by atoms with Crippen LogP contribution in [0.15, 0.2) is 29.0 Å². The zero-order valence-electron chi connectivity index (χ0n) is 19.0. The van der Waals surface area contributed by atoms with Crippen LogP contribution in [0, 0.1) is 23.7 Å². The Morgan fingerprint density at radius 3 is 2.47 bits per heavy atom. The molecule has 2 saturated carbocycles. The summed E-state index contributed by atoms with van der Waals surface area (Å²) in [5.41, 5.74) is 7.15. The molecule has 0 saturated heterocycles. The van der Waals surface area contributed by atoms with Gasteiger partial charge >= 0.3 is 0 Å². The molecule has 3 atom stereocenters. The molecule has 8 heteroatoms. The lowest BCUT2D eigenvalue weighted by atomic mass is 9.61. The highest BCUT2D eigenvalue weighted by Crippen LogP contribution is 2.50. The molecule has 0 aromatic heterocycles. The molecule has 0 aliphatic heterocycles. The molecule has 0 radical (unpaired) electrons. The molecule has 186 valence electrons. The number of carbonyl (C=O) groups excluding carboxylic acids is 3. The molecule has 0 spiro atoms. The van der Waals surface area contributed by atoms with Crippen molar-refractivity contribution in [2.24, 2.45) is 29.4 Å². The first-order chi connectivity index (χ1) is 15.8. The number of nitrogens with two attached hydrogens (primary N) is 1. The van der Waals surface area contributed by atoms with E-state index in [1.807, 2.05) is 6.07 Å². The number of aliphatic hydroxyl groups is 2. The van der Waals surface area contributed by atoms with Gasteiger partial charge < -0.3 is 26.5 Å². The molecule has 8 nitrogen and oxygen atoms in total. The van der Waals surface area contributed by atoms with Gasteiger partial charge in [0.05, 0.1) is 11.5 Å². The largest absolute Gasteiger partial charge is 0.511 e. The molecule has 1 amide bonds. The predicted molar refractivity (Wildman–Crippen MR) is 128 cm³/mol. The molecular weight excluding hydrogens is 438 g/mol. The summed E-state index contributed by atoms with van der Waals surface area (Å²) >= 11 is 0. The summed E-state index contributed by atoms with van der Waals surface area (Å²) in [6, 6.07) is 3.48. The van der Waals surface area contributed by atoms with Gasteiger partial charge in [-0.05, 0) is 60.6 Å². The normalized spacial score (nSPS) is 26.6. The van der Waals surface area contributed by atoms with E-state index >= 15 is 0 Å². The number of carbonyl (C=O) groups is 3. The van der Waals surface area contributed by atoms with E-state index in [-0.39, 0.29) is 37.7 Å². The van der Waals surface area contributed by atoms with E-state index in [0.29, 0.717) is 24.3 Å². The smallest absolute Gasteiger partial charge is 0.255 e. The number of Topliss-reactive ketones (excluding diaryl/α,β-unsaturated/α-hetero) is 2. The summed E-state index contributed by atoms with van der Waals surface area (Å²) in [6.07, 6.45) is 7.82. The van der Waals surface area contributed by atoms with Crippen LogP contribution in [0.2, 0.25) is 0 Å². The van der Waals surface area contributed by atoms with Crippen molar-refractivity contribution < 1.29 is 38.0 Å². The highest BCUT2D eigenvalue weighted by molar-refractivity contribution is 6.21. The van der Waals surface area contributed by atoms with Crippen LogP contribution < -0.4 is 5.73 Å². The first-order valence-corrected chi connectivity index (χ1v) is 11.9. The number of phenolic OH excluding ortho intramolecular Hbond substituents is 1. The quantitative estimate of drug-likeness (QED) is 0.490. The van der Waals surface area contributed by atoms with Gasteiger partial charge in [-0.15, -0.1) is 0 Å². The van der Waals surface area contributed by atoms with Crippen molar-refractivity contribution in [2.45, 2.75) is 57.8 Å². The minimum absolute atomic E-state index is 0. The average Bonchev–Trinajstić information content (AvgIpc) is 3.26. The highest BCUT2D eigenvalue weighted by atomic mass is 16.3. The number of fused-ring (bicyclic) bond motifs is 3. The number of phenols is 1. The Hall–Kier alpha value is -3.13. The first-order valence-electron chi connectivity index (χ1n) is 11.9. The second-order valence-corrected chi connectivity index (χ2v) is 10.0. The number of primary amides is 1. The number of aromatic hydroxyl groups is 1. The lowest BCUT2D eigenvalue weighted by molar-refractivity contribution is -0.127. The van der Waals surface area contributed by atoms with E-state index in [1.54, 1.807) is 6.07 Å². The average molecular weight is 474 g/mol. The van der Waals surface area contributed by atoms with Gasteiger partial charge in [0.25, 0.3) is 5.91 Å². The molecule has 4 aliphatic rings. The van der Waals surface area contributed by atoms with Crippen molar-refractivity contribution in [3.63, 3.8) is 0 Å². The molecule has 34 heavy (non-hydrogen) atoms. The van der Waals surface area contributed by atoms with Crippen LogP contribution in [0.4, 0.5) is 0 Å². The Bertz CT molecular complexity index is 1140. The fraction of sp³-hybridized carbons (Fsp3) is 0.500. The molecule has 5 rings (SSSR count). The molecular formula is C26H35NO7. The van der Waals surface area contributed by atoms with E-state index in [2.05, 4.69) is 0 Å². The third-order valence-electron chi connectivity index (χ3n) is 8.17. The van der Waals surface area contributed by atoms with E-state index < -0.39 is 40.6 Å². The van der Waals surface area contributed by atoms with Gasteiger partial charge in [-0.25, -0.2) is 0 Å². The van der Waals surface area contributed by atoms with Crippen LogP contribution in [0.5, 0.6) is 5.75 Å². The summed E-state index contributed by atoms with van der Waals surface area (Å²) in [4.78, 5) is 37.5. The van der Waals surface area contributed by atoms with Crippen LogP contribution >= 0.6 is 0 Å². The Kier molecular flexibility index (Phi) is 6.29. The van der Waals surface area contributed by atoms with Gasteiger partial charge in [-0.1, -0.05) is 31.7 Å². The zero-order valence-corrected chi connectivity index (χ0v) is 19.0. The molecule has 0 heterocycles. The number of amides is 1. The fourth-order valence-corrected chi connectivity index (χ4v) is 6.60. The Morgan fingerprint density at radius 1 is 1.09 bits per heavy atom. The number of rotatable bonds is 4. The molecule has 4 aliphatic carbocycles. The van der Waals surface area contributed by atoms with Gasteiger partial charge in [0.15, 0.2) is 11.6 Å². The summed E-state index contributed by atoms with van der Waals surface area (Å²) in [5, 5.41) is 32.3. The summed E-state index contributed by atoms with van der Waals surface area (Å²) in [6.45, 7) is 0. The molecule has 2 fully saturated rings. The SMILES string of the molecule is NC(=O)C1=C(O)C2C(=O)C3=C(O)c4c(O)ccc(CCC5CCCC5)c4CC3CC2CC1=O.O.[HH].[HH]. The van der Waals surface area contributed by atoms with Crippen molar-refractivity contribution >= 4 is 23.2 Å². The molecule has 3 unspecified atom stereocenters. The first kappa shape index (κ1) is 24.0. The Morgan fingerprint density at radius 2 is 1.79 bits per heavy atom. The van der Waals surface area contributed by atoms with E-state index in [9.17, 15) is 29.7 Å². The van der Waals surface area contributed by atoms with Crippen molar-refractivity contribution in [1.82, 2.24) is 0 Å². The zero-order chi connectivity index (χ0) is 23.4. The molecule has 7 N–H and O–H groups in total. The minimum atomic E-state index is -1.08. The van der Waals surface area contributed by atoms with Crippen molar-refractivity contribution in [2.75, 3.05) is 0 Å². The van der Waals surface area contributed by atoms with Gasteiger partial charge in [0.1, 0.15) is 22.8 Å². The Balaban J connectivity index is 0.00000152. The highest BCUT2D eigenvalue weighted by Gasteiger charge is 2.50. The number of benzene rings is 1. The maximum Gasteiger partial charge on any atom is 0.255 e. The molecule has 0 bridgehead atoms. The second kappa shape index (κ2) is 8.91.